The fourth-order valence-electron chi connectivity index (χ4n) is 1.00. The van der Waals surface area contributed by atoms with Crippen molar-refractivity contribution >= 4 is 27.7 Å². The second kappa shape index (κ2) is 4.63. The Morgan fingerprint density at radius 1 is 1.20 bits per heavy atom. The Labute approximate surface area is 99.7 Å². The third-order valence-electron chi connectivity index (χ3n) is 1.69. The van der Waals surface area contributed by atoms with Gasteiger partial charge in [-0.3, -0.25) is 0 Å². The van der Waals surface area contributed by atoms with E-state index >= 15 is 0 Å². The van der Waals surface area contributed by atoms with Crippen molar-refractivity contribution in [2.45, 2.75) is 9.92 Å². The van der Waals surface area contributed by atoms with Gasteiger partial charge in [0.2, 0.25) is 0 Å². The van der Waals surface area contributed by atoms with E-state index in [0.717, 1.165) is 14.4 Å². The molecule has 1 N–H and O–H groups in total. The lowest BCUT2D eigenvalue weighted by Crippen LogP contribution is -1.83. The van der Waals surface area contributed by atoms with E-state index in [9.17, 15) is 0 Å². The van der Waals surface area contributed by atoms with E-state index in [1.165, 1.54) is 18.1 Å². The van der Waals surface area contributed by atoms with Crippen LogP contribution in [0.1, 0.15) is 0 Å². The summed E-state index contributed by atoms with van der Waals surface area (Å²) in [5.74, 6) is 0.265. The summed E-state index contributed by atoms with van der Waals surface area (Å²) in [7, 11) is 0. The van der Waals surface area contributed by atoms with Crippen LogP contribution in [0.5, 0.6) is 5.75 Å². The zero-order valence-corrected chi connectivity index (χ0v) is 9.99. The molecule has 0 spiro atoms. The highest BCUT2D eigenvalue weighted by Crippen LogP contribution is 2.31. The van der Waals surface area contributed by atoms with Gasteiger partial charge in [-0.2, -0.15) is 0 Å². The molecule has 0 fully saturated rings. The zero-order valence-electron chi connectivity index (χ0n) is 7.59. The molecule has 0 unspecified atom stereocenters. The fourth-order valence-corrected chi connectivity index (χ4v) is 2.21. The number of aromatic hydroxyl groups is 1. The van der Waals surface area contributed by atoms with Crippen LogP contribution < -0.4 is 0 Å². The van der Waals surface area contributed by atoms with Gasteiger partial charge < -0.3 is 5.11 Å². The Bertz CT molecular complexity index is 461. The Morgan fingerprint density at radius 3 is 2.60 bits per heavy atom. The molecule has 1 heterocycles. The monoisotopic (exact) mass is 282 g/mol. The molecule has 76 valence electrons. The molecule has 0 saturated heterocycles. The number of phenols is 1. The lowest BCUT2D eigenvalue weighted by Gasteiger charge is -2.02. The molecule has 0 radical (unpaired) electrons. The van der Waals surface area contributed by atoms with E-state index < -0.39 is 0 Å². The quantitative estimate of drug-likeness (QED) is 0.860. The van der Waals surface area contributed by atoms with Crippen LogP contribution in [0.15, 0.2) is 51.2 Å². The third kappa shape index (κ3) is 2.70. The maximum absolute atomic E-state index is 9.13. The highest BCUT2D eigenvalue weighted by Gasteiger charge is 2.03. The molecule has 0 aliphatic carbocycles. The summed E-state index contributed by atoms with van der Waals surface area (Å²) in [5.41, 5.74) is 0. The maximum Gasteiger partial charge on any atom is 0.118 e. The van der Waals surface area contributed by atoms with Crippen LogP contribution in [0.3, 0.4) is 0 Å². The molecular formula is C10H7BrN2OS. The number of hydrogen-bond donors (Lipinski definition) is 1. The van der Waals surface area contributed by atoms with Crippen LogP contribution >= 0.6 is 27.7 Å². The summed E-state index contributed by atoms with van der Waals surface area (Å²) in [5, 5.41) is 9.99. The van der Waals surface area contributed by atoms with Crippen LogP contribution in [-0.2, 0) is 0 Å². The smallest absolute Gasteiger partial charge is 0.118 e. The van der Waals surface area contributed by atoms with Gasteiger partial charge in [-0.05, 0) is 40.2 Å². The molecule has 15 heavy (non-hydrogen) atoms. The average molecular weight is 283 g/mol. The molecule has 2 aromatic rings. The van der Waals surface area contributed by atoms with Crippen LogP contribution in [0.25, 0.3) is 0 Å². The first-order valence-corrected chi connectivity index (χ1v) is 5.79. The maximum atomic E-state index is 9.13. The van der Waals surface area contributed by atoms with Crippen molar-refractivity contribution in [3.63, 3.8) is 0 Å². The second-order valence-corrected chi connectivity index (χ2v) is 4.69. The van der Waals surface area contributed by atoms with Gasteiger partial charge >= 0.3 is 0 Å². The van der Waals surface area contributed by atoms with E-state index in [4.69, 9.17) is 5.11 Å². The van der Waals surface area contributed by atoms with Crippen molar-refractivity contribution < 1.29 is 5.11 Å². The predicted molar refractivity (Wildman–Crippen MR) is 62.0 cm³/mol. The summed E-state index contributed by atoms with van der Waals surface area (Å²) >= 11 is 4.89. The average Bonchev–Trinajstić information content (AvgIpc) is 2.25. The fraction of sp³-hybridized carbons (Fsp3) is 0. The molecule has 1 aromatic heterocycles. The minimum Gasteiger partial charge on any atom is -0.508 e. The number of hydrogen-bond acceptors (Lipinski definition) is 4. The Hall–Kier alpha value is -1.07. The van der Waals surface area contributed by atoms with E-state index in [1.807, 2.05) is 12.1 Å². The summed E-state index contributed by atoms with van der Waals surface area (Å²) in [6.07, 6.45) is 3.21. The standard InChI is InChI=1S/C10H7BrN2OS/c11-9-5-12-6-13-10(9)15-8-3-1-7(14)2-4-8/h1-6,14H. The van der Waals surface area contributed by atoms with Crippen LogP contribution in [0.2, 0.25) is 0 Å². The lowest BCUT2D eigenvalue weighted by atomic mass is 10.3. The normalized spacial score (nSPS) is 10.2. The number of benzene rings is 1. The van der Waals surface area contributed by atoms with Crippen LogP contribution in [-0.4, -0.2) is 15.1 Å². The van der Waals surface area contributed by atoms with Crippen molar-refractivity contribution in [2.75, 3.05) is 0 Å². The van der Waals surface area contributed by atoms with Gasteiger partial charge in [0.1, 0.15) is 17.1 Å². The molecule has 2 rings (SSSR count). The Kier molecular flexibility index (Phi) is 3.23. The van der Waals surface area contributed by atoms with Gasteiger partial charge in [0.05, 0.1) is 4.47 Å². The number of aromatic nitrogens is 2. The molecule has 0 amide bonds. The van der Waals surface area contributed by atoms with E-state index in [2.05, 4.69) is 25.9 Å². The van der Waals surface area contributed by atoms with Crippen LogP contribution in [0, 0.1) is 0 Å². The summed E-state index contributed by atoms with van der Waals surface area (Å²) in [6.45, 7) is 0. The first kappa shape index (κ1) is 10.4. The lowest BCUT2D eigenvalue weighted by molar-refractivity contribution is 0.475. The highest BCUT2D eigenvalue weighted by atomic mass is 79.9. The van der Waals surface area contributed by atoms with E-state index in [1.54, 1.807) is 18.3 Å². The van der Waals surface area contributed by atoms with Crippen molar-refractivity contribution in [3.8, 4) is 5.75 Å². The van der Waals surface area contributed by atoms with Gasteiger partial charge in [-0.15, -0.1) is 0 Å². The van der Waals surface area contributed by atoms with Gasteiger partial charge in [0, 0.05) is 11.1 Å². The molecule has 0 bridgehead atoms. The zero-order chi connectivity index (χ0) is 10.7. The minimum absolute atomic E-state index is 0.265. The Morgan fingerprint density at radius 2 is 1.93 bits per heavy atom. The largest absolute Gasteiger partial charge is 0.508 e. The molecule has 5 heteroatoms. The van der Waals surface area contributed by atoms with Crippen LogP contribution in [0.4, 0.5) is 0 Å². The molecule has 0 aliphatic rings. The van der Waals surface area contributed by atoms with Gasteiger partial charge in [-0.25, -0.2) is 9.97 Å². The first-order valence-electron chi connectivity index (χ1n) is 4.18. The Balaban J connectivity index is 2.22. The molecule has 3 nitrogen and oxygen atoms in total. The number of phenolic OH excluding ortho intramolecular Hbond substituents is 1. The van der Waals surface area contributed by atoms with E-state index in [0.29, 0.717) is 0 Å². The molecule has 0 aliphatic heterocycles. The van der Waals surface area contributed by atoms with E-state index in [-0.39, 0.29) is 5.75 Å². The number of halogens is 1. The summed E-state index contributed by atoms with van der Waals surface area (Å²) in [6, 6.07) is 6.98. The number of rotatable bonds is 2. The third-order valence-corrected chi connectivity index (χ3v) is 3.55. The minimum atomic E-state index is 0.265. The van der Waals surface area contributed by atoms with Gasteiger partial charge in [0.25, 0.3) is 0 Å². The molecule has 1 aromatic carbocycles. The molecule has 0 atom stereocenters. The van der Waals surface area contributed by atoms with Crippen molar-refractivity contribution in [3.05, 3.63) is 41.3 Å². The molecule has 0 saturated carbocycles. The van der Waals surface area contributed by atoms with Gasteiger partial charge in [0.15, 0.2) is 0 Å². The SMILES string of the molecule is Oc1ccc(Sc2ncncc2Br)cc1. The van der Waals surface area contributed by atoms with Crippen molar-refractivity contribution in [2.24, 2.45) is 0 Å². The first-order chi connectivity index (χ1) is 7.25. The highest BCUT2D eigenvalue weighted by molar-refractivity contribution is 9.10. The number of nitrogens with zero attached hydrogens (tertiary/aromatic N) is 2. The van der Waals surface area contributed by atoms with Crippen molar-refractivity contribution in [1.82, 2.24) is 9.97 Å². The van der Waals surface area contributed by atoms with Gasteiger partial charge in [-0.1, -0.05) is 11.8 Å². The predicted octanol–water partition coefficient (Wildman–Crippen LogP) is 3.10. The second-order valence-electron chi connectivity index (χ2n) is 2.77. The summed E-state index contributed by atoms with van der Waals surface area (Å²) < 4.78 is 0.864. The summed E-state index contributed by atoms with van der Waals surface area (Å²) in [4.78, 5) is 9.05. The van der Waals surface area contributed by atoms with Crippen molar-refractivity contribution in [1.29, 1.82) is 0 Å². The topological polar surface area (TPSA) is 46.0 Å². The molecular weight excluding hydrogens is 276 g/mol.